The third kappa shape index (κ3) is 2.77. The van der Waals surface area contributed by atoms with Gasteiger partial charge < -0.3 is 15.4 Å². The molecule has 1 rings (SSSR count). The predicted octanol–water partition coefficient (Wildman–Crippen LogP) is -0.745. The third-order valence-electron chi connectivity index (χ3n) is 1.87. The predicted molar refractivity (Wildman–Crippen MR) is 54.2 cm³/mol. The fourth-order valence-corrected chi connectivity index (χ4v) is 1.13. The molecule has 0 aliphatic carbocycles. The smallest absolute Gasteiger partial charge is 0.423 e. The van der Waals surface area contributed by atoms with Gasteiger partial charge in [0.1, 0.15) is 5.82 Å². The lowest BCUT2D eigenvalue weighted by Crippen LogP contribution is -2.31. The van der Waals surface area contributed by atoms with Gasteiger partial charge in [-0.25, -0.2) is 4.39 Å². The molecule has 0 fully saturated rings. The monoisotopic (exact) mass is 211 g/mol. The Balaban J connectivity index is 2.98. The minimum absolute atomic E-state index is 0.0144. The van der Waals surface area contributed by atoms with Gasteiger partial charge in [0, 0.05) is 6.54 Å². The van der Waals surface area contributed by atoms with Crippen LogP contribution in [0.15, 0.2) is 18.2 Å². The Hall–Kier alpha value is -1.40. The van der Waals surface area contributed by atoms with E-state index < -0.39 is 18.8 Å². The average molecular weight is 211 g/mol. The zero-order valence-corrected chi connectivity index (χ0v) is 8.20. The van der Waals surface area contributed by atoms with Crippen LogP contribution in [0.4, 0.5) is 4.39 Å². The maximum Gasteiger partial charge on any atom is 0.488 e. The van der Waals surface area contributed by atoms with Crippen molar-refractivity contribution < 1.29 is 19.2 Å². The van der Waals surface area contributed by atoms with Crippen LogP contribution in [-0.2, 0) is 0 Å². The largest absolute Gasteiger partial charge is 0.488 e. The molecule has 1 aromatic carbocycles. The van der Waals surface area contributed by atoms with Crippen LogP contribution in [0.25, 0.3) is 0 Å². The highest BCUT2D eigenvalue weighted by molar-refractivity contribution is 6.58. The molecule has 0 spiro atoms. The molecule has 0 aliphatic rings. The van der Waals surface area contributed by atoms with Crippen molar-refractivity contribution in [3.63, 3.8) is 0 Å². The zero-order chi connectivity index (χ0) is 11.4. The van der Waals surface area contributed by atoms with E-state index in [2.05, 4.69) is 5.32 Å². The van der Waals surface area contributed by atoms with Gasteiger partial charge in [-0.05, 0) is 24.5 Å². The van der Waals surface area contributed by atoms with Crippen molar-refractivity contribution in [3.05, 3.63) is 29.6 Å². The normalized spacial score (nSPS) is 9.87. The first-order valence-corrected chi connectivity index (χ1v) is 4.50. The fraction of sp³-hybridized carbons (Fsp3) is 0.222. The van der Waals surface area contributed by atoms with Crippen molar-refractivity contribution in [3.8, 4) is 0 Å². The van der Waals surface area contributed by atoms with Crippen LogP contribution in [0.2, 0.25) is 0 Å². The van der Waals surface area contributed by atoms with E-state index >= 15 is 0 Å². The van der Waals surface area contributed by atoms with Crippen molar-refractivity contribution in [1.29, 1.82) is 0 Å². The van der Waals surface area contributed by atoms with Gasteiger partial charge in [-0.2, -0.15) is 0 Å². The first-order chi connectivity index (χ1) is 7.06. The molecule has 80 valence electrons. The minimum Gasteiger partial charge on any atom is -0.423 e. The average Bonchev–Trinajstić information content (AvgIpc) is 2.17. The maximum atomic E-state index is 13.3. The molecule has 4 nitrogen and oxygen atoms in total. The second kappa shape index (κ2) is 4.90. The van der Waals surface area contributed by atoms with Crippen LogP contribution < -0.4 is 10.8 Å². The number of hydrogen-bond donors (Lipinski definition) is 3. The summed E-state index contributed by atoms with van der Waals surface area (Å²) in [5.41, 5.74) is -0.0956. The number of carbonyl (C=O) groups is 1. The van der Waals surface area contributed by atoms with Gasteiger partial charge in [0.05, 0.1) is 5.56 Å². The molecule has 0 atom stereocenters. The summed E-state index contributed by atoms with van der Waals surface area (Å²) >= 11 is 0. The van der Waals surface area contributed by atoms with E-state index in [0.717, 1.165) is 6.07 Å². The maximum absolute atomic E-state index is 13.3. The van der Waals surface area contributed by atoms with Gasteiger partial charge in [0.2, 0.25) is 0 Å². The van der Waals surface area contributed by atoms with Crippen molar-refractivity contribution >= 4 is 18.5 Å². The van der Waals surface area contributed by atoms with E-state index in [4.69, 9.17) is 10.0 Å². The molecule has 1 amide bonds. The first kappa shape index (κ1) is 11.7. The molecule has 0 aliphatic heterocycles. The number of nitrogens with one attached hydrogen (secondary N) is 1. The minimum atomic E-state index is -1.73. The lowest BCUT2D eigenvalue weighted by Gasteiger charge is -2.05. The highest BCUT2D eigenvalue weighted by Crippen LogP contribution is 2.04. The molecule has 0 saturated carbocycles. The van der Waals surface area contributed by atoms with E-state index in [0.29, 0.717) is 6.54 Å². The number of halogens is 1. The van der Waals surface area contributed by atoms with Crippen LogP contribution in [0, 0.1) is 5.82 Å². The standard InChI is InChI=1S/C9H11BFNO3/c1-2-12-9(13)7-4-3-6(10(14)15)5-8(7)11/h3-5,14-15H,2H2,1H3,(H,12,13). The Morgan fingerprint density at radius 1 is 1.53 bits per heavy atom. The molecule has 3 N–H and O–H groups in total. The van der Waals surface area contributed by atoms with Crippen molar-refractivity contribution in [2.45, 2.75) is 6.92 Å². The van der Waals surface area contributed by atoms with E-state index in [1.807, 2.05) is 0 Å². The summed E-state index contributed by atoms with van der Waals surface area (Å²) in [4.78, 5) is 11.3. The summed E-state index contributed by atoms with van der Waals surface area (Å²) in [6.45, 7) is 2.13. The summed E-state index contributed by atoms with van der Waals surface area (Å²) in [5, 5.41) is 20.0. The second-order valence-corrected chi connectivity index (χ2v) is 2.97. The second-order valence-electron chi connectivity index (χ2n) is 2.97. The SMILES string of the molecule is CCNC(=O)c1ccc(B(O)O)cc1F. The number of hydrogen-bond acceptors (Lipinski definition) is 3. The van der Waals surface area contributed by atoms with E-state index in [1.54, 1.807) is 6.92 Å². The molecular weight excluding hydrogens is 200 g/mol. The van der Waals surface area contributed by atoms with E-state index in [-0.39, 0.29) is 11.0 Å². The third-order valence-corrected chi connectivity index (χ3v) is 1.87. The lowest BCUT2D eigenvalue weighted by atomic mass is 9.80. The van der Waals surface area contributed by atoms with Gasteiger partial charge >= 0.3 is 7.12 Å². The molecule has 0 bridgehead atoms. The zero-order valence-electron chi connectivity index (χ0n) is 8.20. The van der Waals surface area contributed by atoms with Gasteiger partial charge in [0.15, 0.2) is 0 Å². The molecule has 0 saturated heterocycles. The Bertz CT molecular complexity index is 370. The van der Waals surface area contributed by atoms with E-state index in [1.165, 1.54) is 12.1 Å². The van der Waals surface area contributed by atoms with Crippen LogP contribution >= 0.6 is 0 Å². The van der Waals surface area contributed by atoms with Gasteiger partial charge in [-0.1, -0.05) is 6.07 Å². The van der Waals surface area contributed by atoms with Gasteiger partial charge in [0.25, 0.3) is 5.91 Å². The summed E-state index contributed by atoms with van der Waals surface area (Å²) in [6.07, 6.45) is 0. The molecule has 0 heterocycles. The van der Waals surface area contributed by atoms with Crippen LogP contribution in [0.5, 0.6) is 0 Å². The first-order valence-electron chi connectivity index (χ1n) is 4.50. The Morgan fingerprint density at radius 3 is 2.67 bits per heavy atom. The van der Waals surface area contributed by atoms with Gasteiger partial charge in [-0.15, -0.1) is 0 Å². The molecular formula is C9H11BFNO3. The highest BCUT2D eigenvalue weighted by atomic mass is 19.1. The van der Waals surface area contributed by atoms with Crippen molar-refractivity contribution in [1.82, 2.24) is 5.32 Å². The molecule has 15 heavy (non-hydrogen) atoms. The molecule has 1 aromatic rings. The van der Waals surface area contributed by atoms with Gasteiger partial charge in [-0.3, -0.25) is 4.79 Å². The lowest BCUT2D eigenvalue weighted by molar-refractivity contribution is 0.0952. The van der Waals surface area contributed by atoms with E-state index in [9.17, 15) is 9.18 Å². The summed E-state index contributed by atoms with van der Waals surface area (Å²) in [5.74, 6) is -1.29. The Labute approximate surface area is 86.9 Å². The number of amides is 1. The molecule has 0 unspecified atom stereocenters. The van der Waals surface area contributed by atoms with Crippen LogP contribution in [0.3, 0.4) is 0 Å². The topological polar surface area (TPSA) is 69.6 Å². The quantitative estimate of drug-likeness (QED) is 0.576. The molecule has 0 radical (unpaired) electrons. The summed E-state index contributed by atoms with van der Waals surface area (Å²) in [6, 6.07) is 3.43. The number of benzene rings is 1. The fourth-order valence-electron chi connectivity index (χ4n) is 1.13. The van der Waals surface area contributed by atoms with Crippen molar-refractivity contribution in [2.24, 2.45) is 0 Å². The Morgan fingerprint density at radius 2 is 2.20 bits per heavy atom. The van der Waals surface area contributed by atoms with Crippen LogP contribution in [0.1, 0.15) is 17.3 Å². The summed E-state index contributed by atoms with van der Waals surface area (Å²) in [7, 11) is -1.73. The Kier molecular flexibility index (Phi) is 3.82. The number of rotatable bonds is 3. The van der Waals surface area contributed by atoms with Crippen LogP contribution in [-0.4, -0.2) is 29.6 Å². The highest BCUT2D eigenvalue weighted by Gasteiger charge is 2.16. The number of carbonyl (C=O) groups excluding carboxylic acids is 1. The molecule has 0 aromatic heterocycles. The molecule has 6 heteroatoms. The van der Waals surface area contributed by atoms with Crippen molar-refractivity contribution in [2.75, 3.05) is 6.54 Å². The summed E-state index contributed by atoms with van der Waals surface area (Å²) < 4.78 is 13.3.